The molecule has 0 spiro atoms. The summed E-state index contributed by atoms with van der Waals surface area (Å²) in [5.74, 6) is 0.483. The van der Waals surface area contributed by atoms with Crippen molar-refractivity contribution >= 4 is 11.3 Å². The van der Waals surface area contributed by atoms with Gasteiger partial charge in [0, 0.05) is 0 Å². The second-order valence-electron chi connectivity index (χ2n) is 2.00. The van der Waals surface area contributed by atoms with Crippen LogP contribution in [0.15, 0.2) is 24.4 Å². The summed E-state index contributed by atoms with van der Waals surface area (Å²) in [6.07, 6.45) is 1.68. The van der Waals surface area contributed by atoms with Gasteiger partial charge in [-0.1, -0.05) is 0 Å². The molecule has 0 bridgehead atoms. The maximum atomic E-state index is 5.41. The Morgan fingerprint density at radius 1 is 1.30 bits per heavy atom. The molecule has 2 aromatic rings. The summed E-state index contributed by atoms with van der Waals surface area (Å²) in [6, 6.07) is 5.48. The van der Waals surface area contributed by atoms with Crippen LogP contribution in [0.3, 0.4) is 0 Å². The van der Waals surface area contributed by atoms with Gasteiger partial charge in [0.25, 0.3) is 0 Å². The lowest BCUT2D eigenvalue weighted by Gasteiger charge is -1.91. The SMILES string of the molecule is Nc1ccc2ccnn2n1. The number of hydrogen-bond acceptors (Lipinski definition) is 3. The normalized spacial score (nSPS) is 10.4. The summed E-state index contributed by atoms with van der Waals surface area (Å²) in [5, 5.41) is 7.82. The largest absolute Gasteiger partial charge is 0.382 e. The van der Waals surface area contributed by atoms with Crippen molar-refractivity contribution in [1.82, 2.24) is 14.8 Å². The Morgan fingerprint density at radius 2 is 2.20 bits per heavy atom. The van der Waals surface area contributed by atoms with Gasteiger partial charge in [-0.2, -0.15) is 5.10 Å². The van der Waals surface area contributed by atoms with E-state index in [0.29, 0.717) is 5.82 Å². The maximum absolute atomic E-state index is 5.41. The quantitative estimate of drug-likeness (QED) is 0.564. The van der Waals surface area contributed by atoms with Gasteiger partial charge in [-0.05, 0) is 18.2 Å². The van der Waals surface area contributed by atoms with E-state index in [1.54, 1.807) is 12.3 Å². The van der Waals surface area contributed by atoms with Crippen LogP contribution in [-0.2, 0) is 0 Å². The smallest absolute Gasteiger partial charge is 0.146 e. The topological polar surface area (TPSA) is 56.2 Å². The molecule has 0 amide bonds. The minimum Gasteiger partial charge on any atom is -0.382 e. The third-order valence-electron chi connectivity index (χ3n) is 1.29. The van der Waals surface area contributed by atoms with E-state index in [4.69, 9.17) is 5.73 Å². The van der Waals surface area contributed by atoms with E-state index in [1.165, 1.54) is 4.63 Å². The molecular weight excluding hydrogens is 128 g/mol. The van der Waals surface area contributed by atoms with Gasteiger partial charge in [-0.3, -0.25) is 0 Å². The number of nitrogen functional groups attached to an aromatic ring is 1. The fourth-order valence-electron chi connectivity index (χ4n) is 0.825. The Kier molecular flexibility index (Phi) is 0.887. The summed E-state index contributed by atoms with van der Waals surface area (Å²) < 4.78 is 1.50. The van der Waals surface area contributed by atoms with E-state index in [-0.39, 0.29) is 0 Å². The van der Waals surface area contributed by atoms with Crippen molar-refractivity contribution in [2.45, 2.75) is 0 Å². The molecule has 0 saturated carbocycles. The van der Waals surface area contributed by atoms with Crippen LogP contribution < -0.4 is 5.73 Å². The molecule has 0 unspecified atom stereocenters. The highest BCUT2D eigenvalue weighted by Gasteiger charge is 1.91. The molecule has 2 aromatic heterocycles. The molecule has 0 radical (unpaired) electrons. The van der Waals surface area contributed by atoms with Gasteiger partial charge in [0.2, 0.25) is 0 Å². The Morgan fingerprint density at radius 3 is 3.10 bits per heavy atom. The second kappa shape index (κ2) is 1.70. The highest BCUT2D eigenvalue weighted by Crippen LogP contribution is 2.01. The standard InChI is InChI=1S/C6H6N4/c7-6-2-1-5-3-4-8-10(5)9-6/h1-4H,(H2,7,9). The van der Waals surface area contributed by atoms with Gasteiger partial charge >= 0.3 is 0 Å². The third kappa shape index (κ3) is 0.621. The van der Waals surface area contributed by atoms with Crippen LogP contribution in [0.4, 0.5) is 5.82 Å². The zero-order chi connectivity index (χ0) is 6.97. The lowest BCUT2D eigenvalue weighted by Crippen LogP contribution is -1.97. The minimum absolute atomic E-state index is 0.483. The van der Waals surface area contributed by atoms with Crippen LogP contribution >= 0.6 is 0 Å². The van der Waals surface area contributed by atoms with Gasteiger partial charge in [-0.25, -0.2) is 0 Å². The molecule has 2 rings (SSSR count). The second-order valence-corrected chi connectivity index (χ2v) is 2.00. The monoisotopic (exact) mass is 134 g/mol. The predicted molar refractivity (Wildman–Crippen MR) is 37.4 cm³/mol. The highest BCUT2D eigenvalue weighted by molar-refractivity contribution is 5.46. The summed E-state index contributed by atoms with van der Waals surface area (Å²) >= 11 is 0. The molecule has 50 valence electrons. The molecular formula is C6H6N4. The molecule has 0 saturated heterocycles. The van der Waals surface area contributed by atoms with E-state index in [9.17, 15) is 0 Å². The molecule has 2 heterocycles. The Balaban J connectivity index is 2.86. The molecule has 0 fully saturated rings. The molecule has 0 aliphatic carbocycles. The van der Waals surface area contributed by atoms with Crippen LogP contribution in [0.5, 0.6) is 0 Å². The number of nitrogens with two attached hydrogens (primary N) is 1. The van der Waals surface area contributed by atoms with Crippen LogP contribution in [0, 0.1) is 0 Å². The number of hydrogen-bond donors (Lipinski definition) is 1. The molecule has 4 nitrogen and oxygen atoms in total. The predicted octanol–water partition coefficient (Wildman–Crippen LogP) is 0.311. The van der Waals surface area contributed by atoms with Crippen molar-refractivity contribution in [1.29, 1.82) is 0 Å². The average molecular weight is 134 g/mol. The zero-order valence-electron chi connectivity index (χ0n) is 5.23. The first-order valence-corrected chi connectivity index (χ1v) is 2.93. The summed E-state index contributed by atoms with van der Waals surface area (Å²) in [4.78, 5) is 0. The number of nitrogens with zero attached hydrogens (tertiary/aromatic N) is 3. The first-order chi connectivity index (χ1) is 4.86. The summed E-state index contributed by atoms with van der Waals surface area (Å²) in [7, 11) is 0. The van der Waals surface area contributed by atoms with Crippen LogP contribution in [-0.4, -0.2) is 14.8 Å². The highest BCUT2D eigenvalue weighted by atomic mass is 15.4. The fourth-order valence-corrected chi connectivity index (χ4v) is 0.825. The van der Waals surface area contributed by atoms with Crippen molar-refractivity contribution in [3.05, 3.63) is 24.4 Å². The van der Waals surface area contributed by atoms with Gasteiger partial charge in [0.15, 0.2) is 0 Å². The van der Waals surface area contributed by atoms with E-state index in [2.05, 4.69) is 10.2 Å². The van der Waals surface area contributed by atoms with Gasteiger partial charge in [0.05, 0.1) is 11.7 Å². The van der Waals surface area contributed by atoms with Gasteiger partial charge < -0.3 is 5.73 Å². The number of fused-ring (bicyclic) bond motifs is 1. The number of aromatic nitrogens is 3. The molecule has 0 atom stereocenters. The first kappa shape index (κ1) is 5.22. The Bertz CT molecular complexity index is 351. The summed E-state index contributed by atoms with van der Waals surface area (Å²) in [6.45, 7) is 0. The maximum Gasteiger partial charge on any atom is 0.146 e. The molecule has 0 aliphatic rings. The van der Waals surface area contributed by atoms with E-state index < -0.39 is 0 Å². The van der Waals surface area contributed by atoms with E-state index in [1.807, 2.05) is 12.1 Å². The molecule has 2 N–H and O–H groups in total. The van der Waals surface area contributed by atoms with E-state index >= 15 is 0 Å². The molecule has 4 heteroatoms. The van der Waals surface area contributed by atoms with Crippen molar-refractivity contribution in [2.75, 3.05) is 5.73 Å². The van der Waals surface area contributed by atoms with Gasteiger partial charge in [-0.15, -0.1) is 9.73 Å². The first-order valence-electron chi connectivity index (χ1n) is 2.93. The average Bonchev–Trinajstić information content (AvgIpc) is 2.33. The van der Waals surface area contributed by atoms with Crippen molar-refractivity contribution in [2.24, 2.45) is 0 Å². The van der Waals surface area contributed by atoms with Crippen LogP contribution in [0.25, 0.3) is 5.52 Å². The number of anilines is 1. The van der Waals surface area contributed by atoms with Crippen molar-refractivity contribution < 1.29 is 0 Å². The van der Waals surface area contributed by atoms with E-state index in [0.717, 1.165) is 5.52 Å². The van der Waals surface area contributed by atoms with Crippen LogP contribution in [0.1, 0.15) is 0 Å². The van der Waals surface area contributed by atoms with Gasteiger partial charge in [0.1, 0.15) is 5.82 Å². The molecule has 10 heavy (non-hydrogen) atoms. The zero-order valence-corrected chi connectivity index (χ0v) is 5.23. The Hall–Kier alpha value is -1.58. The minimum atomic E-state index is 0.483. The fraction of sp³-hybridized carbons (Fsp3) is 0. The van der Waals surface area contributed by atoms with Crippen molar-refractivity contribution in [3.8, 4) is 0 Å². The third-order valence-corrected chi connectivity index (χ3v) is 1.29. The summed E-state index contributed by atoms with van der Waals surface area (Å²) in [5.41, 5.74) is 6.36. The molecule has 0 aromatic carbocycles. The lowest BCUT2D eigenvalue weighted by atomic mass is 10.4. The van der Waals surface area contributed by atoms with Crippen LogP contribution in [0.2, 0.25) is 0 Å². The Labute approximate surface area is 57.3 Å². The number of rotatable bonds is 0. The molecule has 0 aliphatic heterocycles. The lowest BCUT2D eigenvalue weighted by molar-refractivity contribution is 0.807. The van der Waals surface area contributed by atoms with Crippen molar-refractivity contribution in [3.63, 3.8) is 0 Å².